The van der Waals surface area contributed by atoms with Crippen molar-refractivity contribution in [2.75, 3.05) is 5.32 Å². The Hall–Kier alpha value is -1.86. The van der Waals surface area contributed by atoms with Gasteiger partial charge in [0.1, 0.15) is 17.4 Å². The van der Waals surface area contributed by atoms with E-state index in [0.29, 0.717) is 5.69 Å². The molecule has 0 bridgehead atoms. The summed E-state index contributed by atoms with van der Waals surface area (Å²) in [5.41, 5.74) is 2.36. The van der Waals surface area contributed by atoms with Gasteiger partial charge in [-0.15, -0.1) is 0 Å². The lowest BCUT2D eigenvalue weighted by Gasteiger charge is -2.11. The first-order valence-corrected chi connectivity index (χ1v) is 6.13. The van der Waals surface area contributed by atoms with E-state index in [-0.39, 0.29) is 5.56 Å². The van der Waals surface area contributed by atoms with Crippen molar-refractivity contribution >= 4 is 27.3 Å². The molecule has 0 amide bonds. The normalized spacial score (nSPS) is 9.89. The molecule has 0 heterocycles. The molecule has 0 spiro atoms. The van der Waals surface area contributed by atoms with Gasteiger partial charge < -0.3 is 5.32 Å². The molecule has 0 aliphatic heterocycles. The van der Waals surface area contributed by atoms with Gasteiger partial charge >= 0.3 is 0 Å². The smallest absolute Gasteiger partial charge is 0.143 e. The van der Waals surface area contributed by atoms with E-state index in [0.717, 1.165) is 15.7 Å². The molecule has 0 aliphatic carbocycles. The lowest BCUT2D eigenvalue weighted by molar-refractivity contribution is 0.624. The van der Waals surface area contributed by atoms with Crippen LogP contribution in [0.25, 0.3) is 0 Å². The number of nitriles is 1. The largest absolute Gasteiger partial charge is 0.353 e. The maximum absolute atomic E-state index is 13.5. The number of aryl methyl sites for hydroxylation is 1. The molecule has 2 rings (SSSR count). The highest BCUT2D eigenvalue weighted by Gasteiger charge is 2.09. The van der Waals surface area contributed by atoms with E-state index >= 15 is 0 Å². The van der Waals surface area contributed by atoms with Crippen LogP contribution in [0.3, 0.4) is 0 Å². The van der Waals surface area contributed by atoms with Gasteiger partial charge in [0, 0.05) is 4.47 Å². The van der Waals surface area contributed by atoms with E-state index < -0.39 is 5.82 Å². The van der Waals surface area contributed by atoms with Crippen LogP contribution in [0, 0.1) is 24.1 Å². The average Bonchev–Trinajstić information content (AvgIpc) is 2.34. The van der Waals surface area contributed by atoms with Crippen LogP contribution in [-0.2, 0) is 0 Å². The number of halogens is 2. The molecule has 0 radical (unpaired) electrons. The summed E-state index contributed by atoms with van der Waals surface area (Å²) < 4.78 is 14.3. The maximum atomic E-state index is 13.5. The zero-order valence-corrected chi connectivity index (χ0v) is 11.3. The van der Waals surface area contributed by atoms with Crippen LogP contribution in [0.15, 0.2) is 40.9 Å². The first kappa shape index (κ1) is 12.6. The maximum Gasteiger partial charge on any atom is 0.143 e. The predicted molar refractivity (Wildman–Crippen MR) is 73.3 cm³/mol. The Morgan fingerprint density at radius 1 is 1.22 bits per heavy atom. The second kappa shape index (κ2) is 5.19. The van der Waals surface area contributed by atoms with Gasteiger partial charge in [-0.2, -0.15) is 5.26 Å². The van der Waals surface area contributed by atoms with E-state index in [1.807, 2.05) is 31.2 Å². The topological polar surface area (TPSA) is 35.8 Å². The summed E-state index contributed by atoms with van der Waals surface area (Å²) in [7, 11) is 0. The molecule has 0 aromatic heterocycles. The van der Waals surface area contributed by atoms with Gasteiger partial charge in [-0.3, -0.25) is 0 Å². The molecule has 0 fully saturated rings. The molecule has 0 atom stereocenters. The molecular formula is C14H10BrFN2. The van der Waals surface area contributed by atoms with Gasteiger partial charge in [0.2, 0.25) is 0 Å². The number of nitrogens with one attached hydrogen (secondary N) is 1. The second-order valence-corrected chi connectivity index (χ2v) is 4.74. The van der Waals surface area contributed by atoms with Crippen molar-refractivity contribution < 1.29 is 4.39 Å². The van der Waals surface area contributed by atoms with Crippen LogP contribution in [0.4, 0.5) is 15.8 Å². The molecule has 0 saturated carbocycles. The van der Waals surface area contributed by atoms with Crippen molar-refractivity contribution in [3.8, 4) is 6.07 Å². The Morgan fingerprint density at radius 3 is 2.72 bits per heavy atom. The van der Waals surface area contributed by atoms with Crippen molar-refractivity contribution in [3.05, 3.63) is 57.8 Å². The van der Waals surface area contributed by atoms with Crippen molar-refractivity contribution in [2.45, 2.75) is 6.92 Å². The minimum absolute atomic E-state index is 0.0194. The molecule has 18 heavy (non-hydrogen) atoms. The highest BCUT2D eigenvalue weighted by atomic mass is 79.9. The van der Waals surface area contributed by atoms with Crippen LogP contribution in [-0.4, -0.2) is 0 Å². The quantitative estimate of drug-likeness (QED) is 0.886. The van der Waals surface area contributed by atoms with E-state index in [1.165, 1.54) is 6.07 Å². The Kier molecular flexibility index (Phi) is 3.63. The second-order valence-electron chi connectivity index (χ2n) is 3.88. The van der Waals surface area contributed by atoms with Crippen molar-refractivity contribution in [2.24, 2.45) is 0 Å². The zero-order valence-electron chi connectivity index (χ0n) is 9.67. The highest BCUT2D eigenvalue weighted by Crippen LogP contribution is 2.29. The third-order valence-corrected chi connectivity index (χ3v) is 3.21. The van der Waals surface area contributed by atoms with Crippen LogP contribution < -0.4 is 5.32 Å². The monoisotopic (exact) mass is 304 g/mol. The third-order valence-electron chi connectivity index (χ3n) is 2.52. The fraction of sp³-hybridized carbons (Fsp3) is 0.0714. The molecule has 2 aromatic carbocycles. The molecule has 4 heteroatoms. The number of rotatable bonds is 2. The number of benzene rings is 2. The predicted octanol–water partition coefficient (Wildman–Crippen LogP) is 4.51. The molecule has 0 unspecified atom stereocenters. The van der Waals surface area contributed by atoms with Gasteiger partial charge in [-0.1, -0.05) is 12.1 Å². The average molecular weight is 305 g/mol. The molecule has 2 aromatic rings. The molecular weight excluding hydrogens is 295 g/mol. The van der Waals surface area contributed by atoms with Crippen LogP contribution in [0.5, 0.6) is 0 Å². The molecule has 0 aliphatic rings. The number of hydrogen-bond acceptors (Lipinski definition) is 2. The van der Waals surface area contributed by atoms with Gasteiger partial charge in [0.15, 0.2) is 0 Å². The summed E-state index contributed by atoms with van der Waals surface area (Å²) in [4.78, 5) is 0. The minimum atomic E-state index is -0.522. The van der Waals surface area contributed by atoms with Crippen LogP contribution in [0.2, 0.25) is 0 Å². The van der Waals surface area contributed by atoms with E-state index in [2.05, 4.69) is 21.2 Å². The Bertz CT molecular complexity index is 632. The highest BCUT2D eigenvalue weighted by molar-refractivity contribution is 9.10. The van der Waals surface area contributed by atoms with Crippen LogP contribution >= 0.6 is 15.9 Å². The SMILES string of the molecule is Cc1ccc(Br)c(Nc2cccc(F)c2C#N)c1. The van der Waals surface area contributed by atoms with E-state index in [1.54, 1.807) is 12.1 Å². The summed E-state index contributed by atoms with van der Waals surface area (Å²) in [6.07, 6.45) is 0. The third kappa shape index (κ3) is 2.52. The Balaban J connectivity index is 2.44. The lowest BCUT2D eigenvalue weighted by Crippen LogP contribution is -1.97. The first-order valence-electron chi connectivity index (χ1n) is 5.33. The summed E-state index contributed by atoms with van der Waals surface area (Å²) in [6.45, 7) is 1.97. The zero-order chi connectivity index (χ0) is 13.1. The minimum Gasteiger partial charge on any atom is -0.353 e. The Labute approximate surface area is 113 Å². The molecule has 2 nitrogen and oxygen atoms in total. The lowest BCUT2D eigenvalue weighted by atomic mass is 10.1. The molecule has 0 saturated heterocycles. The van der Waals surface area contributed by atoms with E-state index in [4.69, 9.17) is 5.26 Å². The van der Waals surface area contributed by atoms with Crippen molar-refractivity contribution in [3.63, 3.8) is 0 Å². The Morgan fingerprint density at radius 2 is 2.00 bits per heavy atom. The van der Waals surface area contributed by atoms with E-state index in [9.17, 15) is 4.39 Å². The molecule has 90 valence electrons. The van der Waals surface area contributed by atoms with Gasteiger partial charge in [0.25, 0.3) is 0 Å². The summed E-state index contributed by atoms with van der Waals surface area (Å²) in [5, 5.41) is 12.0. The fourth-order valence-corrected chi connectivity index (χ4v) is 1.97. The molecule has 1 N–H and O–H groups in total. The number of hydrogen-bond donors (Lipinski definition) is 1. The first-order chi connectivity index (χ1) is 8.61. The van der Waals surface area contributed by atoms with Gasteiger partial charge in [0.05, 0.1) is 11.4 Å². The standard InChI is InChI=1S/C14H10BrFN2/c1-9-5-6-11(15)14(7-9)18-13-4-2-3-12(16)10(13)8-17/h2-7,18H,1H3. The fourth-order valence-electron chi connectivity index (χ4n) is 1.62. The summed E-state index contributed by atoms with van der Waals surface area (Å²) in [6, 6.07) is 12.2. The summed E-state index contributed by atoms with van der Waals surface area (Å²) >= 11 is 3.41. The van der Waals surface area contributed by atoms with Crippen molar-refractivity contribution in [1.29, 1.82) is 5.26 Å². The summed E-state index contributed by atoms with van der Waals surface area (Å²) in [5.74, 6) is -0.522. The number of anilines is 2. The van der Waals surface area contributed by atoms with Gasteiger partial charge in [-0.25, -0.2) is 4.39 Å². The van der Waals surface area contributed by atoms with Gasteiger partial charge in [-0.05, 0) is 52.7 Å². The number of nitrogens with zero attached hydrogens (tertiary/aromatic N) is 1. The van der Waals surface area contributed by atoms with Crippen LogP contribution in [0.1, 0.15) is 11.1 Å². The van der Waals surface area contributed by atoms with Crippen molar-refractivity contribution in [1.82, 2.24) is 0 Å².